The average Bonchev–Trinajstić information content (AvgIpc) is 1.05. The van der Waals surface area contributed by atoms with Gasteiger partial charge in [-0.05, 0) is 156 Å². The molecule has 0 unspecified atom stereocenters. The van der Waals surface area contributed by atoms with Crippen LogP contribution in [0, 0.1) is 154 Å². The Balaban J connectivity index is -0.0000000229. The first-order valence-corrected chi connectivity index (χ1v) is 34.0. The third kappa shape index (κ3) is 515. The molecule has 52 heteroatoms. The maximum Gasteiger partial charge on any atom is 3.00 e. The smallest absolute Gasteiger partial charge is 0.857 e. The zero-order valence-corrected chi connectivity index (χ0v) is 86.2. The number of hydrogen-bond acceptors (Lipinski definition) is 44. The molecule has 120 heavy (non-hydrogen) atoms. The van der Waals surface area contributed by atoms with E-state index in [9.17, 15) is 120 Å². The van der Waals surface area contributed by atoms with Gasteiger partial charge in [-0.15, -0.1) is 52.9 Å². The molecule has 0 bridgehead atoms. The van der Waals surface area contributed by atoms with Crippen LogP contribution in [0.4, 0.5) is 0 Å². The number of unbranched alkanes of at least 4 members (excludes halogenated alkanes) is 4. The second-order valence-corrected chi connectivity index (χ2v) is 16.6. The third-order valence-electron chi connectivity index (χ3n) is 8.88. The van der Waals surface area contributed by atoms with Crippen molar-refractivity contribution in [2.75, 3.05) is 188 Å². The summed E-state index contributed by atoms with van der Waals surface area (Å²) in [5.74, 6) is -7.96. The molecule has 0 radical (unpaired) electrons. The molecule has 0 heterocycles. The van der Waals surface area contributed by atoms with E-state index in [1.807, 2.05) is 19.6 Å². The van der Waals surface area contributed by atoms with Crippen molar-refractivity contribution in [1.29, 1.82) is 0 Å². The Morgan fingerprint density at radius 1 is 0.217 bits per heavy atom. The molecule has 0 saturated carbocycles. The van der Waals surface area contributed by atoms with Gasteiger partial charge in [-0.25, -0.2) is 0 Å². The first kappa shape index (κ1) is 219. The van der Waals surface area contributed by atoms with E-state index in [1.165, 1.54) is 55.4 Å². The minimum atomic E-state index is -0.995. The molecule has 0 atom stereocenters. The molecule has 0 aliphatic heterocycles. The Morgan fingerprint density at radius 2 is 0.275 bits per heavy atom. The van der Waals surface area contributed by atoms with Crippen molar-refractivity contribution in [3.05, 3.63) is 0 Å². The van der Waals surface area contributed by atoms with Crippen LogP contribution in [-0.2, 0) is 126 Å². The fourth-order valence-corrected chi connectivity index (χ4v) is 3.90. The number of carbonyl (C=O) groups excluding carboxylic acids is 12. The molecule has 0 fully saturated rings. The van der Waals surface area contributed by atoms with Gasteiger partial charge in [-0.3, -0.25) is 0 Å². The Hall–Kier alpha value is 0.0608. The summed E-state index contributed by atoms with van der Waals surface area (Å²) in [5.41, 5.74) is 0. The first-order chi connectivity index (χ1) is 53.2. The molecule has 0 spiro atoms. The van der Waals surface area contributed by atoms with E-state index in [-0.39, 0.29) is 327 Å². The number of carboxylic acid groups (broad SMARTS) is 12. The van der Waals surface area contributed by atoms with Crippen molar-refractivity contribution >= 4 is 73.6 Å². The Kier molecular flexibility index (Phi) is 525. The Bertz CT molecular complexity index is 1300. The largest absolute Gasteiger partial charge is 3.00 e. The van der Waals surface area contributed by atoms with Crippen molar-refractivity contribution in [2.24, 2.45) is 0 Å². The number of carbonyl (C=O) groups is 12. The predicted octanol–water partition coefficient (Wildman–Crippen LogP) is -23.8. The van der Waals surface area contributed by atoms with Crippen LogP contribution in [-0.4, -0.2) is 302 Å². The summed E-state index contributed by atoms with van der Waals surface area (Å²) in [4.78, 5) is 115. The molecule has 0 aliphatic rings. The van der Waals surface area contributed by atoms with E-state index < -0.39 is 73.6 Å². The maximum absolute atomic E-state index is 10.2. The summed E-state index contributed by atoms with van der Waals surface area (Å²) in [7, 11) is 7.00. The molecule has 0 rings (SSSR count). The minimum Gasteiger partial charge on any atom is -0.857 e. The van der Waals surface area contributed by atoms with Crippen LogP contribution < -0.4 is 123 Å². The zero-order chi connectivity index (χ0) is 95.2. The van der Waals surface area contributed by atoms with Crippen LogP contribution in [0.1, 0.15) is 186 Å². The van der Waals surface area contributed by atoms with Crippen molar-refractivity contribution in [1.82, 2.24) is 19.6 Å². The summed E-state index contributed by atoms with van der Waals surface area (Å²) in [6, 6.07) is 0. The molecule has 4 N–H and O–H groups in total. The maximum atomic E-state index is 10.2. The summed E-state index contributed by atoms with van der Waals surface area (Å²) < 4.78 is 0. The summed E-state index contributed by atoms with van der Waals surface area (Å²) in [6.45, 7) is 25.8. The average molecular weight is 2510 g/mol. The summed E-state index contributed by atoms with van der Waals surface area (Å²) in [6.07, 6.45) is 9.70. The van der Waals surface area contributed by atoms with Crippen molar-refractivity contribution in [3.63, 3.8) is 0 Å². The van der Waals surface area contributed by atoms with Crippen LogP contribution in [0.5, 0.6) is 0 Å². The molecule has 44 nitrogen and oxygen atoms in total. The van der Waals surface area contributed by atoms with Crippen LogP contribution in [0.25, 0.3) is 0 Å². The quantitative estimate of drug-likeness (QED) is 0.0334. The van der Waals surface area contributed by atoms with E-state index in [1.54, 1.807) is 0 Å². The SMILES string of the molecule is CCC(=O)[O-].CCC(=O)[O-].CCC(=O)[O-].CCC(=O)[O-].CCC(=O)[O-].CCC(=O)[O-].CCC(=O)[O-].CCC(=O)[O-].CCCCN(CC[O-])CC[O-].CCCCN(CC[O-])CC[O-].CCCCN(CC[O-])CC[O-].CCCCN(CC[O-])CC[O-].CO.CO.CO.CO.C[O-].C[O-].C[O-].C[O-].O=C[O-].O=C[O-].O=C[O-].O=C[O-].[Mn+3].[Mn+3].[Mn+3].[Mn+3].[Tb+3].[Tb+3].[Tb+3].[Tb+3]. The molecule has 736 valence electrons. The van der Waals surface area contributed by atoms with Crippen molar-refractivity contribution < 1.29 is 423 Å². The number of nitrogens with zero attached hydrogens (tertiary/aromatic N) is 4. The number of aliphatic carboxylic acids is 8. The van der Waals surface area contributed by atoms with Gasteiger partial charge in [0.25, 0.3) is 0 Å². The van der Waals surface area contributed by atoms with Crippen molar-refractivity contribution in [2.45, 2.75) is 186 Å². The van der Waals surface area contributed by atoms with E-state index in [2.05, 4.69) is 27.7 Å². The van der Waals surface area contributed by atoms with Gasteiger partial charge >= 0.3 is 223 Å². The number of aliphatic hydroxyl groups excluding tert-OH is 4. The monoisotopic (exact) mass is 2510 g/mol. The van der Waals surface area contributed by atoms with E-state index in [0.717, 1.165) is 134 Å². The second kappa shape index (κ2) is 287. The fourth-order valence-electron chi connectivity index (χ4n) is 3.90. The normalized spacial score (nSPS) is 7.27. The van der Waals surface area contributed by atoms with E-state index in [4.69, 9.17) is 80.5 Å². The van der Waals surface area contributed by atoms with E-state index in [0.29, 0.717) is 52.4 Å². The van der Waals surface area contributed by atoms with Gasteiger partial charge in [0.15, 0.2) is 0 Å². The summed E-state index contributed by atoms with van der Waals surface area (Å²) >= 11 is 0. The third-order valence-corrected chi connectivity index (χ3v) is 8.88. The second-order valence-electron chi connectivity index (χ2n) is 16.6. The topological polar surface area (TPSA) is 852 Å². The van der Waals surface area contributed by atoms with Crippen LogP contribution in [0.2, 0.25) is 0 Å². The van der Waals surface area contributed by atoms with Gasteiger partial charge in [0, 0.05) is 102 Å². The predicted molar refractivity (Wildman–Crippen MR) is 367 cm³/mol. The number of aliphatic hydroxyl groups is 4. The van der Waals surface area contributed by atoms with Gasteiger partial charge in [0.1, 0.15) is 0 Å². The van der Waals surface area contributed by atoms with Gasteiger partial charge in [0.05, 0.1) is 0 Å². The molecule has 0 aromatic rings. The minimum absolute atomic E-state index is 0. The molecule has 0 aromatic carbocycles. The number of hydrogen-bond donors (Lipinski definition) is 4. The van der Waals surface area contributed by atoms with Crippen LogP contribution in [0.15, 0.2) is 0 Å². The van der Waals surface area contributed by atoms with Gasteiger partial charge in [0.2, 0.25) is 0 Å². The Morgan fingerprint density at radius 3 is 0.308 bits per heavy atom. The van der Waals surface area contributed by atoms with Crippen molar-refractivity contribution in [3.8, 4) is 0 Å². The standard InChI is InChI=1S/4C8H17NO2.8C3H6O2.4CH2O2.4CH4O.4CH3O.4Mn.4Tb/c4*1-2-3-4-9(5-7-10)6-8-11;8*1-2-3(4)5;4*2-1-3;8*1-2;;;;;;;;/h4*2-8H2,1H3;8*2H2,1H3,(H,4,5);4*1H,(H,2,3);4*2H,1H3;4*1H3;;;;;;;;/q4*-2;;;;;;;;;;;;;;;;;4*-1;8*+3/p-12. The first-order valence-electron chi connectivity index (χ1n) is 34.0. The molecule has 0 amide bonds. The van der Waals surface area contributed by atoms with Crippen LogP contribution >= 0.6 is 0 Å². The zero-order valence-electron chi connectivity index (χ0n) is 72.9. The Labute approximate surface area is 880 Å². The number of carboxylic acids is 8. The molecule has 0 saturated heterocycles. The number of rotatable bonds is 36. The molecular formula is C68H140Mn4N4O40Tb4. The molecule has 0 aliphatic carbocycles. The molecular weight excluding hydrogens is 2370 g/mol. The van der Waals surface area contributed by atoms with Crippen LogP contribution in [0.3, 0.4) is 0 Å². The summed E-state index contributed by atoms with van der Waals surface area (Å²) in [5, 5.41) is 250. The fraction of sp³-hybridized carbons (Fsp3) is 0.824. The van der Waals surface area contributed by atoms with Gasteiger partial charge in [-0.1, -0.05) is 109 Å². The van der Waals surface area contributed by atoms with E-state index >= 15 is 0 Å². The van der Waals surface area contributed by atoms with Gasteiger partial charge < -0.3 is 220 Å². The van der Waals surface area contributed by atoms with Gasteiger partial charge in [-0.2, -0.15) is 28.4 Å². The molecule has 0 aromatic heterocycles.